The van der Waals surface area contributed by atoms with Gasteiger partial charge in [-0.1, -0.05) is 84.9 Å². The van der Waals surface area contributed by atoms with E-state index in [-0.39, 0.29) is 24.8 Å². The topological polar surface area (TPSA) is 163 Å². The molecular formula is C31H30NO9P. The van der Waals surface area contributed by atoms with Crippen molar-refractivity contribution in [3.8, 4) is 11.1 Å². The third-order valence-corrected chi connectivity index (χ3v) is 9.37. The summed E-state index contributed by atoms with van der Waals surface area (Å²) in [5.74, 6) is -2.22. The first-order valence-electron chi connectivity index (χ1n) is 13.2. The van der Waals surface area contributed by atoms with E-state index in [0.717, 1.165) is 34.4 Å². The summed E-state index contributed by atoms with van der Waals surface area (Å²) in [5.41, 5.74) is 1.92. The van der Waals surface area contributed by atoms with Gasteiger partial charge in [0.15, 0.2) is 0 Å². The number of aliphatic carboxylic acids is 1. The average molecular weight is 592 g/mol. The largest absolute Gasteiger partial charge is 0.510 e. The lowest BCUT2D eigenvalue weighted by atomic mass is 9.89. The number of aliphatic hydroxyl groups excluding tert-OH is 1. The molecule has 2 atom stereocenters. The van der Waals surface area contributed by atoms with Gasteiger partial charge in [0, 0.05) is 18.9 Å². The Morgan fingerprint density at radius 2 is 1.55 bits per heavy atom. The molecule has 5 rings (SSSR count). The van der Waals surface area contributed by atoms with Crippen LogP contribution in [0.2, 0.25) is 0 Å². The van der Waals surface area contributed by atoms with Crippen LogP contribution in [0, 0.1) is 0 Å². The standard InChI is InChI=1S/C31H30NO9P/c33-22-14-16-30(17-15-22,42(37,38)39)20-31(28(34)35,32-18-21-8-2-1-3-9-21)41-29(36)40-19-27-25-12-6-4-10-23(25)24-11-5-7-13-26(24)27/h1-16,27,32-33H,17-20H2,(H,34,35)(H2,37,38,39)/t30?,31-/m1/s1. The zero-order valence-electron chi connectivity index (χ0n) is 22.4. The highest BCUT2D eigenvalue weighted by atomic mass is 31.2. The number of hydrogen-bond acceptors (Lipinski definition) is 7. The molecule has 0 saturated heterocycles. The van der Waals surface area contributed by atoms with Gasteiger partial charge in [-0.15, -0.1) is 0 Å². The van der Waals surface area contributed by atoms with Crippen molar-refractivity contribution in [3.05, 3.63) is 120 Å². The number of aliphatic hydroxyl groups is 1. The van der Waals surface area contributed by atoms with Crippen LogP contribution in [0.4, 0.5) is 4.79 Å². The number of carboxylic acids is 1. The number of benzene rings is 3. The molecule has 2 aliphatic carbocycles. The SMILES string of the molecule is O=C(OCC1c2ccccc2-c2ccccc21)O[C@@](CC1(P(=O)(O)O)C=CC(O)=CC1)(NCc1ccccc1)C(=O)O. The van der Waals surface area contributed by atoms with Gasteiger partial charge < -0.3 is 29.5 Å². The van der Waals surface area contributed by atoms with Gasteiger partial charge in [-0.05, 0) is 46.4 Å². The van der Waals surface area contributed by atoms with E-state index in [1.54, 1.807) is 30.3 Å². The maximum Gasteiger partial charge on any atom is 0.510 e. The fourth-order valence-corrected chi connectivity index (χ4v) is 6.50. The van der Waals surface area contributed by atoms with Crippen LogP contribution in [0.15, 0.2) is 103 Å². The molecule has 42 heavy (non-hydrogen) atoms. The fraction of sp³-hybridized carbons (Fsp3) is 0.226. The van der Waals surface area contributed by atoms with Crippen LogP contribution in [0.3, 0.4) is 0 Å². The van der Waals surface area contributed by atoms with E-state index in [2.05, 4.69) is 5.32 Å². The monoisotopic (exact) mass is 591 g/mol. The number of carboxylic acid groups (broad SMARTS) is 1. The molecule has 218 valence electrons. The highest BCUT2D eigenvalue weighted by Crippen LogP contribution is 2.58. The summed E-state index contributed by atoms with van der Waals surface area (Å²) in [6.07, 6.45) is 0.757. The lowest BCUT2D eigenvalue weighted by molar-refractivity contribution is -0.168. The van der Waals surface area contributed by atoms with Gasteiger partial charge in [0.05, 0.1) is 5.16 Å². The molecule has 0 saturated carbocycles. The first-order chi connectivity index (χ1) is 20.0. The average Bonchev–Trinajstić information content (AvgIpc) is 3.29. The van der Waals surface area contributed by atoms with E-state index in [0.29, 0.717) is 5.56 Å². The molecule has 0 radical (unpaired) electrons. The Hall–Kier alpha value is -4.21. The highest BCUT2D eigenvalue weighted by Gasteiger charge is 2.56. The lowest BCUT2D eigenvalue weighted by Gasteiger charge is -2.39. The molecule has 3 aromatic carbocycles. The Morgan fingerprint density at radius 1 is 0.952 bits per heavy atom. The Labute approximate surface area is 242 Å². The van der Waals surface area contributed by atoms with Gasteiger partial charge >= 0.3 is 19.7 Å². The molecule has 2 aliphatic rings. The Morgan fingerprint density at radius 3 is 2.10 bits per heavy atom. The van der Waals surface area contributed by atoms with Crippen LogP contribution in [0.5, 0.6) is 0 Å². The van der Waals surface area contributed by atoms with Crippen molar-refractivity contribution in [1.29, 1.82) is 0 Å². The van der Waals surface area contributed by atoms with E-state index in [1.807, 2.05) is 48.5 Å². The minimum absolute atomic E-state index is 0.105. The number of nitrogens with one attached hydrogen (secondary N) is 1. The van der Waals surface area contributed by atoms with Crippen molar-refractivity contribution in [3.63, 3.8) is 0 Å². The van der Waals surface area contributed by atoms with Crippen molar-refractivity contribution in [2.75, 3.05) is 6.61 Å². The van der Waals surface area contributed by atoms with Crippen molar-refractivity contribution in [1.82, 2.24) is 5.32 Å². The Balaban J connectivity index is 1.43. The van der Waals surface area contributed by atoms with Crippen LogP contribution >= 0.6 is 7.60 Å². The summed E-state index contributed by atoms with van der Waals surface area (Å²) in [7, 11) is -5.06. The summed E-state index contributed by atoms with van der Waals surface area (Å²) in [5, 5.41) is 20.8. The molecule has 3 aromatic rings. The molecule has 0 aromatic heterocycles. The predicted octanol–water partition coefficient (Wildman–Crippen LogP) is 5.23. The number of carbonyl (C=O) groups excluding carboxylic acids is 1. The maximum absolute atomic E-state index is 13.2. The molecular weight excluding hydrogens is 561 g/mol. The number of rotatable bonds is 10. The second-order valence-corrected chi connectivity index (χ2v) is 12.3. The second kappa shape index (κ2) is 11.6. The molecule has 5 N–H and O–H groups in total. The second-order valence-electron chi connectivity index (χ2n) is 10.4. The quantitative estimate of drug-likeness (QED) is 0.120. The van der Waals surface area contributed by atoms with Crippen molar-refractivity contribution in [2.45, 2.75) is 36.2 Å². The first kappa shape index (κ1) is 29.3. The molecule has 10 nitrogen and oxygen atoms in total. The number of carbonyl (C=O) groups is 2. The van der Waals surface area contributed by atoms with Crippen LogP contribution in [-0.4, -0.2) is 49.6 Å². The molecule has 0 amide bonds. The molecule has 1 unspecified atom stereocenters. The van der Waals surface area contributed by atoms with E-state index in [4.69, 9.17) is 9.47 Å². The third kappa shape index (κ3) is 5.75. The smallest absolute Gasteiger partial charge is 0.508 e. The van der Waals surface area contributed by atoms with Gasteiger partial charge in [0.1, 0.15) is 12.4 Å². The number of ether oxygens (including phenoxy) is 2. The predicted molar refractivity (Wildman–Crippen MR) is 154 cm³/mol. The van der Waals surface area contributed by atoms with Gasteiger partial charge in [-0.2, -0.15) is 0 Å². The zero-order chi connectivity index (χ0) is 30.0. The zero-order valence-corrected chi connectivity index (χ0v) is 23.3. The van der Waals surface area contributed by atoms with E-state index in [9.17, 15) is 34.2 Å². The summed E-state index contributed by atoms with van der Waals surface area (Å²) in [4.78, 5) is 46.7. The minimum atomic E-state index is -5.06. The van der Waals surface area contributed by atoms with Crippen LogP contribution in [0.25, 0.3) is 11.1 Å². The number of hydrogen-bond donors (Lipinski definition) is 5. The summed E-state index contributed by atoms with van der Waals surface area (Å²) >= 11 is 0. The Bertz CT molecular complexity index is 1550. The van der Waals surface area contributed by atoms with Gasteiger partial charge in [0.2, 0.25) is 0 Å². The molecule has 11 heteroatoms. The molecule has 0 heterocycles. The summed E-state index contributed by atoms with van der Waals surface area (Å²) in [6.45, 7) is -0.257. The molecule has 0 bridgehead atoms. The maximum atomic E-state index is 13.2. The van der Waals surface area contributed by atoms with E-state index in [1.165, 1.54) is 6.08 Å². The third-order valence-electron chi connectivity index (χ3n) is 7.72. The van der Waals surface area contributed by atoms with Crippen LogP contribution in [-0.2, 0) is 25.4 Å². The highest BCUT2D eigenvalue weighted by molar-refractivity contribution is 7.53. The van der Waals surface area contributed by atoms with Crippen molar-refractivity contribution in [2.24, 2.45) is 0 Å². The summed E-state index contributed by atoms with van der Waals surface area (Å²) < 4.78 is 23.7. The Kier molecular flexibility index (Phi) is 8.08. The molecule has 0 spiro atoms. The van der Waals surface area contributed by atoms with Gasteiger partial charge in [-0.3, -0.25) is 9.88 Å². The van der Waals surface area contributed by atoms with E-state index < -0.39 is 43.4 Å². The van der Waals surface area contributed by atoms with Crippen LogP contribution < -0.4 is 5.32 Å². The minimum Gasteiger partial charge on any atom is -0.508 e. The lowest BCUT2D eigenvalue weighted by Crippen LogP contribution is -2.59. The van der Waals surface area contributed by atoms with Crippen LogP contribution in [0.1, 0.15) is 35.4 Å². The summed E-state index contributed by atoms with van der Waals surface area (Å²) in [6, 6.07) is 24.1. The first-order valence-corrected chi connectivity index (χ1v) is 14.9. The van der Waals surface area contributed by atoms with Crippen molar-refractivity contribution >= 4 is 19.7 Å². The molecule has 0 fully saturated rings. The van der Waals surface area contributed by atoms with Gasteiger partial charge in [-0.25, -0.2) is 9.59 Å². The van der Waals surface area contributed by atoms with E-state index >= 15 is 0 Å². The molecule has 0 aliphatic heterocycles. The number of allylic oxidation sites excluding steroid dienone is 3. The van der Waals surface area contributed by atoms with Gasteiger partial charge in [0.25, 0.3) is 5.72 Å². The normalized spacial score (nSPS) is 19.2. The fourth-order valence-electron chi connectivity index (χ4n) is 5.47. The number of fused-ring (bicyclic) bond motifs is 3. The van der Waals surface area contributed by atoms with Crippen molar-refractivity contribution < 1.29 is 43.6 Å².